The van der Waals surface area contributed by atoms with Crippen LogP contribution in [0.1, 0.15) is 0 Å². The molecule has 366 valence electrons. The fraction of sp³-hybridized carbons (Fsp3) is 0. The summed E-state index contributed by atoms with van der Waals surface area (Å²) in [6, 6.07) is 113. The maximum Gasteiger partial charge on any atom is 0.0540 e. The molecule has 0 saturated carbocycles. The molecule has 0 aromatic heterocycles. The Labute approximate surface area is 454 Å². The predicted octanol–water partition coefficient (Wildman–Crippen LogP) is 21.7. The Morgan fingerprint density at radius 3 is 0.872 bits per heavy atom. The zero-order chi connectivity index (χ0) is 51.8. The molecule has 0 saturated heterocycles. The zero-order valence-electron chi connectivity index (χ0n) is 42.9. The second-order valence-electron chi connectivity index (χ2n) is 19.9. The van der Waals surface area contributed by atoms with Crippen LogP contribution in [0.2, 0.25) is 0 Å². The summed E-state index contributed by atoms with van der Waals surface area (Å²) in [4.78, 5) is 4.74. The van der Waals surface area contributed by atoms with Crippen LogP contribution in [0.3, 0.4) is 0 Å². The van der Waals surface area contributed by atoms with Gasteiger partial charge in [0.2, 0.25) is 0 Å². The van der Waals surface area contributed by atoms with Crippen LogP contribution in [-0.2, 0) is 0 Å². The number of rotatable bonds is 9. The van der Waals surface area contributed by atoms with Gasteiger partial charge in [0.05, 0.1) is 11.4 Å². The Bertz CT molecular complexity index is 4290. The van der Waals surface area contributed by atoms with Crippen molar-refractivity contribution in [2.75, 3.05) is 9.80 Å². The van der Waals surface area contributed by atoms with Gasteiger partial charge in [0.1, 0.15) is 0 Å². The predicted molar refractivity (Wildman–Crippen MR) is 335 cm³/mol. The molecule has 0 radical (unpaired) electrons. The van der Waals surface area contributed by atoms with Gasteiger partial charge in [0, 0.05) is 33.5 Å². The molecule has 0 fully saturated rings. The smallest absolute Gasteiger partial charge is 0.0540 e. The van der Waals surface area contributed by atoms with E-state index >= 15 is 0 Å². The van der Waals surface area contributed by atoms with Crippen LogP contribution in [-0.4, -0.2) is 0 Å². The average molecular weight is 993 g/mol. The van der Waals surface area contributed by atoms with Crippen LogP contribution in [0.5, 0.6) is 0 Å². The summed E-state index contributed by atoms with van der Waals surface area (Å²) in [6.07, 6.45) is 0. The normalized spacial score (nSPS) is 11.3. The summed E-state index contributed by atoms with van der Waals surface area (Å²) in [5.41, 5.74) is 14.5. The van der Waals surface area contributed by atoms with E-state index in [1.54, 1.807) is 0 Å². The Morgan fingerprint density at radius 2 is 0.474 bits per heavy atom. The van der Waals surface area contributed by atoms with Gasteiger partial charge < -0.3 is 9.80 Å². The van der Waals surface area contributed by atoms with E-state index in [9.17, 15) is 0 Å². The Hall–Kier alpha value is -10.3. The number of nitrogens with zero attached hydrogens (tertiary/aromatic N) is 2. The number of hydrogen-bond donors (Lipinski definition) is 0. The zero-order valence-corrected chi connectivity index (χ0v) is 42.9. The van der Waals surface area contributed by atoms with Crippen molar-refractivity contribution >= 4 is 98.8 Å². The van der Waals surface area contributed by atoms with Gasteiger partial charge in [-0.05, 0) is 148 Å². The summed E-state index contributed by atoms with van der Waals surface area (Å²) in [7, 11) is 0. The van der Waals surface area contributed by atoms with Crippen LogP contribution >= 0.6 is 0 Å². The maximum atomic E-state index is 2.37. The highest BCUT2D eigenvalue weighted by atomic mass is 15.1. The lowest BCUT2D eigenvalue weighted by atomic mass is 9.84. The van der Waals surface area contributed by atoms with Crippen molar-refractivity contribution in [2.45, 2.75) is 0 Å². The van der Waals surface area contributed by atoms with E-state index in [1.807, 2.05) is 0 Å². The van der Waals surface area contributed by atoms with Crippen molar-refractivity contribution in [3.63, 3.8) is 0 Å². The minimum Gasteiger partial charge on any atom is -0.310 e. The third kappa shape index (κ3) is 8.16. The largest absolute Gasteiger partial charge is 0.310 e. The van der Waals surface area contributed by atoms with Gasteiger partial charge in [-0.2, -0.15) is 0 Å². The van der Waals surface area contributed by atoms with Crippen molar-refractivity contribution in [2.24, 2.45) is 0 Å². The first-order chi connectivity index (χ1) is 38.8. The lowest BCUT2D eigenvalue weighted by Crippen LogP contribution is -2.11. The number of hydrogen-bond acceptors (Lipinski definition) is 2. The Balaban J connectivity index is 0.000000143. The molecule has 15 rings (SSSR count). The fourth-order valence-electron chi connectivity index (χ4n) is 12.0. The highest BCUT2D eigenvalue weighted by Gasteiger charge is 2.23. The highest BCUT2D eigenvalue weighted by Crippen LogP contribution is 2.49. The third-order valence-corrected chi connectivity index (χ3v) is 15.4. The topological polar surface area (TPSA) is 6.48 Å². The molecular formula is C76H52N2. The lowest BCUT2D eigenvalue weighted by molar-refractivity contribution is 1.30. The molecule has 2 heteroatoms. The van der Waals surface area contributed by atoms with E-state index in [0.29, 0.717) is 0 Å². The van der Waals surface area contributed by atoms with E-state index in [4.69, 9.17) is 0 Å². The summed E-state index contributed by atoms with van der Waals surface area (Å²) in [5, 5.41) is 15.3. The molecule has 0 spiro atoms. The number of fused-ring (bicyclic) bond motifs is 3. The van der Waals surface area contributed by atoms with Crippen LogP contribution in [0.25, 0.3) is 98.0 Å². The van der Waals surface area contributed by atoms with Gasteiger partial charge in [0.25, 0.3) is 0 Å². The summed E-state index contributed by atoms with van der Waals surface area (Å²) >= 11 is 0. The molecule has 0 aliphatic carbocycles. The number of para-hydroxylation sites is 4. The third-order valence-electron chi connectivity index (χ3n) is 15.4. The molecule has 15 aromatic rings. The Kier molecular flexibility index (Phi) is 11.9. The quantitative estimate of drug-likeness (QED) is 0.105. The molecule has 0 atom stereocenters. The van der Waals surface area contributed by atoms with Gasteiger partial charge in [-0.1, -0.05) is 255 Å². The SMILES string of the molecule is c1ccc(-c2ccc(-c3c4ccccc4c(-c4ccccc4)c4ccccc34)c3ccccc23)cc1.c1ccc(N(c2ccccc2)c2ccc3ccc4c(N(c5ccccc5)c5ccccc5)ccc5ccc2c3c54)cc1. The first kappa shape index (κ1) is 46.3. The molecule has 78 heavy (non-hydrogen) atoms. The number of benzene rings is 15. The van der Waals surface area contributed by atoms with Crippen LogP contribution in [0, 0.1) is 0 Å². The van der Waals surface area contributed by atoms with Crippen LogP contribution < -0.4 is 9.80 Å². The first-order valence-electron chi connectivity index (χ1n) is 26.8. The van der Waals surface area contributed by atoms with Gasteiger partial charge in [0.15, 0.2) is 0 Å². The molecule has 0 unspecified atom stereocenters. The van der Waals surface area contributed by atoms with Crippen molar-refractivity contribution in [1.82, 2.24) is 0 Å². The summed E-state index contributed by atoms with van der Waals surface area (Å²) in [6.45, 7) is 0. The summed E-state index contributed by atoms with van der Waals surface area (Å²) in [5.74, 6) is 0. The average Bonchev–Trinajstić information content (AvgIpc) is 3.58. The van der Waals surface area contributed by atoms with Crippen molar-refractivity contribution in [1.29, 1.82) is 0 Å². The second kappa shape index (κ2) is 20.1. The molecule has 0 N–H and O–H groups in total. The first-order valence-corrected chi connectivity index (χ1v) is 26.8. The van der Waals surface area contributed by atoms with E-state index < -0.39 is 0 Å². The molecular weight excluding hydrogens is 941 g/mol. The fourth-order valence-corrected chi connectivity index (χ4v) is 12.0. The lowest BCUT2D eigenvalue weighted by Gasteiger charge is -2.29. The van der Waals surface area contributed by atoms with Crippen molar-refractivity contribution < 1.29 is 0 Å². The molecule has 0 aliphatic heterocycles. The van der Waals surface area contributed by atoms with Gasteiger partial charge in [-0.15, -0.1) is 0 Å². The van der Waals surface area contributed by atoms with Gasteiger partial charge in [-0.25, -0.2) is 0 Å². The molecule has 0 aliphatic rings. The minimum atomic E-state index is 1.14. The number of anilines is 6. The molecule has 15 aromatic carbocycles. The van der Waals surface area contributed by atoms with E-state index in [0.717, 1.165) is 22.7 Å². The molecule has 0 heterocycles. The van der Waals surface area contributed by atoms with Crippen LogP contribution in [0.15, 0.2) is 315 Å². The van der Waals surface area contributed by atoms with Crippen molar-refractivity contribution in [3.8, 4) is 33.4 Å². The van der Waals surface area contributed by atoms with Gasteiger partial charge >= 0.3 is 0 Å². The Morgan fingerprint density at radius 1 is 0.179 bits per heavy atom. The molecule has 0 amide bonds. The summed E-state index contributed by atoms with van der Waals surface area (Å²) < 4.78 is 0. The monoisotopic (exact) mass is 992 g/mol. The maximum absolute atomic E-state index is 2.37. The van der Waals surface area contributed by atoms with E-state index in [1.165, 1.54) is 109 Å². The van der Waals surface area contributed by atoms with Crippen molar-refractivity contribution in [3.05, 3.63) is 315 Å². The van der Waals surface area contributed by atoms with E-state index in [2.05, 4.69) is 325 Å². The van der Waals surface area contributed by atoms with Crippen LogP contribution in [0.4, 0.5) is 34.1 Å². The second-order valence-corrected chi connectivity index (χ2v) is 19.9. The highest BCUT2D eigenvalue weighted by molar-refractivity contribution is 6.28. The minimum absolute atomic E-state index is 1.14. The molecule has 2 nitrogen and oxygen atoms in total. The van der Waals surface area contributed by atoms with E-state index in [-0.39, 0.29) is 0 Å². The standard InChI is InChI=1S/C40H28N2.C36H24/c1-5-13-31(14-6-1)41(32-15-7-2-8-16-32)37-27-23-29-22-26-36-38(28-24-30-21-25-35(37)39(29)40(30)36)42(33-17-9-3-10-18-33)34-19-11-4-12-20-34;1-3-13-25(14-4-1)27-23-24-34(29-18-8-7-17-28(27)29)36-32-21-11-9-19-30(32)35(26-15-5-2-6-16-26)31-20-10-12-22-33(31)36/h1-28H;1-24H. The molecule has 0 bridgehead atoms. The van der Waals surface area contributed by atoms with Gasteiger partial charge in [-0.3, -0.25) is 0 Å².